The second-order valence-electron chi connectivity index (χ2n) is 3.14. The van der Waals surface area contributed by atoms with Gasteiger partial charge >= 0.3 is 0 Å². The Kier molecular flexibility index (Phi) is 2.96. The lowest BCUT2D eigenvalue weighted by Gasteiger charge is -2.23. The zero-order valence-electron chi connectivity index (χ0n) is 7.86. The predicted molar refractivity (Wildman–Crippen MR) is 51.3 cm³/mol. The smallest absolute Gasteiger partial charge is 0.222 e. The summed E-state index contributed by atoms with van der Waals surface area (Å²) in [4.78, 5) is 8.04. The third-order valence-corrected chi connectivity index (χ3v) is 2.28. The van der Waals surface area contributed by atoms with Crippen LogP contribution in [0.25, 0.3) is 0 Å². The number of rotatable bonds is 1. The maximum Gasteiger partial charge on any atom is 0.222 e. The lowest BCUT2D eigenvalue weighted by molar-refractivity contribution is -0.0920. The first-order valence-electron chi connectivity index (χ1n) is 4.46. The molecule has 14 heavy (non-hydrogen) atoms. The molecule has 2 rings (SSSR count). The molecule has 76 valence electrons. The van der Waals surface area contributed by atoms with Crippen LogP contribution in [0.4, 0.5) is 0 Å². The van der Waals surface area contributed by atoms with Crippen molar-refractivity contribution in [3.05, 3.63) is 22.7 Å². The van der Waals surface area contributed by atoms with Gasteiger partial charge < -0.3 is 9.47 Å². The van der Waals surface area contributed by atoms with E-state index in [0.717, 1.165) is 11.3 Å². The van der Waals surface area contributed by atoms with E-state index in [1.54, 1.807) is 6.20 Å². The van der Waals surface area contributed by atoms with Crippen LogP contribution in [0.3, 0.4) is 0 Å². The minimum absolute atomic E-state index is 0.107. The molecule has 4 nitrogen and oxygen atoms in total. The standard InChI is InChI=1S/C9H11ClN2O2/c1-6-4-11-9(10)12-8(6)7-5-13-2-3-14-7/h4,7H,2-3,5H2,1H3. The average Bonchev–Trinajstić information content (AvgIpc) is 2.23. The molecular weight excluding hydrogens is 204 g/mol. The molecule has 1 aliphatic rings. The molecule has 1 aromatic rings. The van der Waals surface area contributed by atoms with Crippen molar-refractivity contribution in [2.24, 2.45) is 0 Å². The summed E-state index contributed by atoms with van der Waals surface area (Å²) >= 11 is 5.72. The molecule has 0 saturated carbocycles. The molecular formula is C9H11ClN2O2. The molecule has 2 heterocycles. The molecule has 0 bridgehead atoms. The highest BCUT2D eigenvalue weighted by Crippen LogP contribution is 2.22. The van der Waals surface area contributed by atoms with E-state index in [4.69, 9.17) is 21.1 Å². The van der Waals surface area contributed by atoms with Crippen LogP contribution < -0.4 is 0 Å². The minimum Gasteiger partial charge on any atom is -0.376 e. The average molecular weight is 215 g/mol. The summed E-state index contributed by atoms with van der Waals surface area (Å²) in [7, 11) is 0. The highest BCUT2D eigenvalue weighted by molar-refractivity contribution is 6.28. The molecule has 1 atom stereocenters. The van der Waals surface area contributed by atoms with E-state index in [9.17, 15) is 0 Å². The van der Waals surface area contributed by atoms with Gasteiger partial charge in [-0.2, -0.15) is 0 Å². The van der Waals surface area contributed by atoms with Crippen LogP contribution in [0.5, 0.6) is 0 Å². The molecule has 1 unspecified atom stereocenters. The van der Waals surface area contributed by atoms with Crippen molar-refractivity contribution in [2.45, 2.75) is 13.0 Å². The van der Waals surface area contributed by atoms with Crippen LogP contribution >= 0.6 is 11.6 Å². The van der Waals surface area contributed by atoms with Gasteiger partial charge in [0.2, 0.25) is 5.28 Å². The third kappa shape index (κ3) is 2.03. The Balaban J connectivity index is 2.24. The number of halogens is 1. The topological polar surface area (TPSA) is 44.2 Å². The van der Waals surface area contributed by atoms with Crippen LogP contribution in [0.15, 0.2) is 6.20 Å². The van der Waals surface area contributed by atoms with E-state index in [2.05, 4.69) is 9.97 Å². The fourth-order valence-corrected chi connectivity index (χ4v) is 1.54. The largest absolute Gasteiger partial charge is 0.376 e. The summed E-state index contributed by atoms with van der Waals surface area (Å²) in [6.45, 7) is 3.72. The van der Waals surface area contributed by atoms with Crippen molar-refractivity contribution < 1.29 is 9.47 Å². The summed E-state index contributed by atoms with van der Waals surface area (Å²) < 4.78 is 10.8. The Labute approximate surface area is 87.2 Å². The summed E-state index contributed by atoms with van der Waals surface area (Å²) in [6, 6.07) is 0. The van der Waals surface area contributed by atoms with E-state index < -0.39 is 0 Å². The monoisotopic (exact) mass is 214 g/mol. The Morgan fingerprint density at radius 2 is 2.36 bits per heavy atom. The van der Waals surface area contributed by atoms with Crippen LogP contribution in [-0.2, 0) is 9.47 Å². The number of aryl methyl sites for hydroxylation is 1. The fraction of sp³-hybridized carbons (Fsp3) is 0.556. The molecule has 0 amide bonds. The Bertz CT molecular complexity index is 327. The summed E-state index contributed by atoms with van der Waals surface area (Å²) in [5.41, 5.74) is 1.80. The van der Waals surface area contributed by atoms with Gasteiger partial charge in [-0.15, -0.1) is 0 Å². The first-order chi connectivity index (χ1) is 6.77. The maximum atomic E-state index is 5.72. The van der Waals surface area contributed by atoms with Crippen LogP contribution in [0.1, 0.15) is 17.4 Å². The van der Waals surface area contributed by atoms with Gasteiger partial charge in [0.25, 0.3) is 0 Å². The zero-order chi connectivity index (χ0) is 9.97. The SMILES string of the molecule is Cc1cnc(Cl)nc1C1COCCO1. The molecule has 0 N–H and O–H groups in total. The van der Waals surface area contributed by atoms with Crippen LogP contribution in [-0.4, -0.2) is 29.8 Å². The van der Waals surface area contributed by atoms with Crippen molar-refractivity contribution in [1.29, 1.82) is 0 Å². The highest BCUT2D eigenvalue weighted by Gasteiger charge is 2.20. The number of hydrogen-bond donors (Lipinski definition) is 0. The van der Waals surface area contributed by atoms with Gasteiger partial charge in [-0.25, -0.2) is 9.97 Å². The van der Waals surface area contributed by atoms with Gasteiger partial charge in [0.15, 0.2) is 0 Å². The molecule has 0 aromatic carbocycles. The van der Waals surface area contributed by atoms with Crippen molar-refractivity contribution in [3.63, 3.8) is 0 Å². The van der Waals surface area contributed by atoms with Crippen molar-refractivity contribution >= 4 is 11.6 Å². The second kappa shape index (κ2) is 4.21. The minimum atomic E-state index is -0.107. The summed E-state index contributed by atoms with van der Waals surface area (Å²) in [5, 5.41) is 0.250. The van der Waals surface area contributed by atoms with Crippen LogP contribution in [0, 0.1) is 6.92 Å². The van der Waals surface area contributed by atoms with E-state index in [1.807, 2.05) is 6.92 Å². The van der Waals surface area contributed by atoms with Gasteiger partial charge in [-0.05, 0) is 24.1 Å². The van der Waals surface area contributed by atoms with E-state index >= 15 is 0 Å². The lowest BCUT2D eigenvalue weighted by Crippen LogP contribution is -2.23. The predicted octanol–water partition coefficient (Wildman–Crippen LogP) is 1.53. The Hall–Kier alpha value is -0.710. The number of hydrogen-bond acceptors (Lipinski definition) is 4. The molecule has 5 heteroatoms. The van der Waals surface area contributed by atoms with Gasteiger partial charge in [-0.3, -0.25) is 0 Å². The number of nitrogens with zero attached hydrogens (tertiary/aromatic N) is 2. The second-order valence-corrected chi connectivity index (χ2v) is 3.48. The molecule has 0 spiro atoms. The zero-order valence-corrected chi connectivity index (χ0v) is 8.62. The first-order valence-corrected chi connectivity index (χ1v) is 4.83. The maximum absolute atomic E-state index is 5.72. The molecule has 1 saturated heterocycles. The number of ether oxygens (including phenoxy) is 2. The summed E-state index contributed by atoms with van der Waals surface area (Å²) in [6.07, 6.45) is 1.59. The Morgan fingerprint density at radius 1 is 1.50 bits per heavy atom. The van der Waals surface area contributed by atoms with E-state index in [1.165, 1.54) is 0 Å². The number of aromatic nitrogens is 2. The van der Waals surface area contributed by atoms with E-state index in [-0.39, 0.29) is 11.4 Å². The van der Waals surface area contributed by atoms with Gasteiger partial charge in [-0.1, -0.05) is 0 Å². The highest BCUT2D eigenvalue weighted by atomic mass is 35.5. The molecule has 1 fully saturated rings. The van der Waals surface area contributed by atoms with Crippen molar-refractivity contribution in [1.82, 2.24) is 9.97 Å². The van der Waals surface area contributed by atoms with Crippen LogP contribution in [0.2, 0.25) is 5.28 Å². The Morgan fingerprint density at radius 3 is 3.07 bits per heavy atom. The normalized spacial score (nSPS) is 22.3. The molecule has 0 radical (unpaired) electrons. The molecule has 1 aromatic heterocycles. The van der Waals surface area contributed by atoms with Gasteiger partial charge in [0.05, 0.1) is 25.5 Å². The third-order valence-electron chi connectivity index (χ3n) is 2.10. The molecule has 1 aliphatic heterocycles. The van der Waals surface area contributed by atoms with E-state index in [0.29, 0.717) is 19.8 Å². The van der Waals surface area contributed by atoms with Crippen molar-refractivity contribution in [3.8, 4) is 0 Å². The quantitative estimate of drug-likeness (QED) is 0.665. The lowest BCUT2D eigenvalue weighted by atomic mass is 10.1. The summed E-state index contributed by atoms with van der Waals surface area (Å²) in [5.74, 6) is 0. The van der Waals surface area contributed by atoms with Crippen molar-refractivity contribution in [2.75, 3.05) is 19.8 Å². The van der Waals surface area contributed by atoms with Gasteiger partial charge in [0.1, 0.15) is 6.10 Å². The fourth-order valence-electron chi connectivity index (χ4n) is 1.40. The van der Waals surface area contributed by atoms with Gasteiger partial charge in [0, 0.05) is 6.20 Å². The first kappa shape index (κ1) is 9.83. The molecule has 0 aliphatic carbocycles.